The van der Waals surface area contributed by atoms with Crippen LogP contribution in [0, 0.1) is 11.3 Å². The predicted molar refractivity (Wildman–Crippen MR) is 56.4 cm³/mol. The standard InChI is InChI=1S/C9H5ClN2O3S/c10-16(13,14)9-12-7-5-6(3-4-11)1-2-8(7)15-9/h1-2,5H,3H2. The summed E-state index contributed by atoms with van der Waals surface area (Å²) >= 11 is 0. The van der Waals surface area contributed by atoms with E-state index in [9.17, 15) is 8.42 Å². The molecule has 0 aliphatic carbocycles. The van der Waals surface area contributed by atoms with Gasteiger partial charge in [0.25, 0.3) is 0 Å². The van der Waals surface area contributed by atoms with Crippen LogP contribution in [0.15, 0.2) is 27.8 Å². The number of hydrogen-bond donors (Lipinski definition) is 0. The van der Waals surface area contributed by atoms with Crippen LogP contribution in [-0.2, 0) is 15.5 Å². The fourth-order valence-corrected chi connectivity index (χ4v) is 1.85. The van der Waals surface area contributed by atoms with Gasteiger partial charge in [-0.1, -0.05) is 6.07 Å². The quantitative estimate of drug-likeness (QED) is 0.765. The number of halogens is 1. The van der Waals surface area contributed by atoms with Gasteiger partial charge in [0, 0.05) is 10.7 Å². The molecule has 16 heavy (non-hydrogen) atoms. The molecule has 0 spiro atoms. The molecule has 0 aliphatic rings. The van der Waals surface area contributed by atoms with Crippen LogP contribution >= 0.6 is 10.7 Å². The first-order valence-electron chi connectivity index (χ1n) is 4.22. The number of benzene rings is 1. The smallest absolute Gasteiger partial charge is 0.332 e. The van der Waals surface area contributed by atoms with Gasteiger partial charge in [0.2, 0.25) is 0 Å². The van der Waals surface area contributed by atoms with E-state index in [1.807, 2.05) is 6.07 Å². The van der Waals surface area contributed by atoms with E-state index in [0.717, 1.165) is 5.56 Å². The zero-order valence-electron chi connectivity index (χ0n) is 7.84. The molecule has 0 aliphatic heterocycles. The van der Waals surface area contributed by atoms with Crippen molar-refractivity contribution in [3.63, 3.8) is 0 Å². The maximum Gasteiger partial charge on any atom is 0.332 e. The summed E-state index contributed by atoms with van der Waals surface area (Å²) < 4.78 is 26.9. The predicted octanol–water partition coefficient (Wildman–Crippen LogP) is 1.82. The van der Waals surface area contributed by atoms with E-state index in [0.29, 0.717) is 11.1 Å². The van der Waals surface area contributed by atoms with Crippen LogP contribution in [0.4, 0.5) is 0 Å². The number of nitrogens with zero attached hydrogens (tertiary/aromatic N) is 2. The lowest BCUT2D eigenvalue weighted by molar-refractivity contribution is 0.464. The van der Waals surface area contributed by atoms with Crippen LogP contribution in [0.1, 0.15) is 5.56 Å². The largest absolute Gasteiger partial charge is 0.427 e. The van der Waals surface area contributed by atoms with E-state index in [2.05, 4.69) is 4.98 Å². The lowest BCUT2D eigenvalue weighted by Crippen LogP contribution is -1.89. The normalized spacial score (nSPS) is 11.5. The molecule has 0 amide bonds. The molecule has 0 radical (unpaired) electrons. The second-order valence-corrected chi connectivity index (χ2v) is 5.50. The molecule has 82 valence electrons. The number of rotatable bonds is 2. The summed E-state index contributed by atoms with van der Waals surface area (Å²) in [7, 11) is 1.13. The highest BCUT2D eigenvalue weighted by Gasteiger charge is 2.18. The second-order valence-electron chi connectivity index (χ2n) is 3.05. The number of hydrogen-bond acceptors (Lipinski definition) is 5. The summed E-state index contributed by atoms with van der Waals surface area (Å²) in [6.07, 6.45) is 0.228. The fourth-order valence-electron chi connectivity index (χ4n) is 1.26. The molecule has 0 bridgehead atoms. The van der Waals surface area contributed by atoms with Gasteiger partial charge < -0.3 is 4.42 Å². The van der Waals surface area contributed by atoms with E-state index in [4.69, 9.17) is 20.4 Å². The Morgan fingerprint density at radius 1 is 1.50 bits per heavy atom. The SMILES string of the molecule is N#CCc1ccc2oc(S(=O)(=O)Cl)nc2c1. The third kappa shape index (κ3) is 2.01. The van der Waals surface area contributed by atoms with Gasteiger partial charge in [-0.2, -0.15) is 10.2 Å². The van der Waals surface area contributed by atoms with Crippen LogP contribution in [0.2, 0.25) is 0 Å². The zero-order valence-corrected chi connectivity index (χ0v) is 9.42. The minimum atomic E-state index is -3.96. The van der Waals surface area contributed by atoms with E-state index >= 15 is 0 Å². The van der Waals surface area contributed by atoms with Crippen LogP contribution in [-0.4, -0.2) is 13.4 Å². The van der Waals surface area contributed by atoms with Crippen LogP contribution < -0.4 is 0 Å². The molecular weight excluding hydrogens is 252 g/mol. The summed E-state index contributed by atoms with van der Waals surface area (Å²) in [6, 6.07) is 6.80. The first kappa shape index (κ1) is 10.9. The summed E-state index contributed by atoms with van der Waals surface area (Å²) in [5, 5.41) is 7.99. The Balaban J connectivity index is 2.60. The van der Waals surface area contributed by atoms with Crippen molar-refractivity contribution >= 4 is 30.8 Å². The average molecular weight is 257 g/mol. The summed E-state index contributed by atoms with van der Waals surface area (Å²) in [5.41, 5.74) is 1.43. The second kappa shape index (κ2) is 3.77. The Kier molecular flexibility index (Phi) is 2.58. The van der Waals surface area contributed by atoms with E-state index < -0.39 is 14.3 Å². The van der Waals surface area contributed by atoms with E-state index in [-0.39, 0.29) is 6.42 Å². The van der Waals surface area contributed by atoms with Gasteiger partial charge in [0.15, 0.2) is 5.58 Å². The topological polar surface area (TPSA) is 84.0 Å². The van der Waals surface area contributed by atoms with Crippen LogP contribution in [0.5, 0.6) is 0 Å². The molecule has 0 N–H and O–H groups in total. The molecule has 0 atom stereocenters. The van der Waals surface area contributed by atoms with E-state index in [1.165, 1.54) is 0 Å². The highest BCUT2D eigenvalue weighted by molar-refractivity contribution is 8.13. The van der Waals surface area contributed by atoms with Crippen molar-refractivity contribution in [3.8, 4) is 6.07 Å². The summed E-state index contributed by atoms with van der Waals surface area (Å²) in [6.45, 7) is 0. The molecular formula is C9H5ClN2O3S. The first-order valence-corrected chi connectivity index (χ1v) is 6.53. The van der Waals surface area contributed by atoms with Gasteiger partial charge in [0.1, 0.15) is 5.52 Å². The molecule has 0 saturated heterocycles. The van der Waals surface area contributed by atoms with Gasteiger partial charge in [-0.15, -0.1) is 0 Å². The van der Waals surface area contributed by atoms with E-state index in [1.54, 1.807) is 18.2 Å². The van der Waals surface area contributed by atoms with Gasteiger partial charge in [-0.05, 0) is 17.7 Å². The van der Waals surface area contributed by atoms with Crippen LogP contribution in [0.3, 0.4) is 0 Å². The van der Waals surface area contributed by atoms with Crippen molar-refractivity contribution in [2.75, 3.05) is 0 Å². The molecule has 0 unspecified atom stereocenters. The monoisotopic (exact) mass is 256 g/mol. The lowest BCUT2D eigenvalue weighted by Gasteiger charge is -1.91. The third-order valence-electron chi connectivity index (χ3n) is 1.92. The van der Waals surface area contributed by atoms with Gasteiger partial charge >= 0.3 is 14.3 Å². The Morgan fingerprint density at radius 2 is 2.25 bits per heavy atom. The summed E-state index contributed by atoms with van der Waals surface area (Å²) in [5.74, 6) is 0. The Morgan fingerprint density at radius 3 is 2.88 bits per heavy atom. The molecule has 0 fully saturated rings. The molecule has 1 heterocycles. The number of oxazole rings is 1. The Labute approximate surface area is 95.7 Å². The molecule has 7 heteroatoms. The van der Waals surface area contributed by atoms with Gasteiger partial charge in [0.05, 0.1) is 12.5 Å². The van der Waals surface area contributed by atoms with Gasteiger partial charge in [-0.25, -0.2) is 8.42 Å². The minimum Gasteiger partial charge on any atom is -0.427 e. The molecule has 1 aromatic heterocycles. The average Bonchev–Trinajstić information content (AvgIpc) is 2.60. The molecule has 5 nitrogen and oxygen atoms in total. The van der Waals surface area contributed by atoms with Gasteiger partial charge in [-0.3, -0.25) is 0 Å². The highest BCUT2D eigenvalue weighted by atomic mass is 35.7. The summed E-state index contributed by atoms with van der Waals surface area (Å²) in [4.78, 5) is 3.73. The number of nitriles is 1. The van der Waals surface area contributed by atoms with Crippen molar-refractivity contribution in [1.82, 2.24) is 4.98 Å². The number of aromatic nitrogens is 1. The maximum absolute atomic E-state index is 11.0. The van der Waals surface area contributed by atoms with Crippen molar-refractivity contribution in [3.05, 3.63) is 23.8 Å². The number of fused-ring (bicyclic) bond motifs is 1. The maximum atomic E-state index is 11.0. The molecule has 1 aromatic carbocycles. The Hall–Kier alpha value is -1.58. The molecule has 0 saturated carbocycles. The van der Waals surface area contributed by atoms with Crippen molar-refractivity contribution in [1.29, 1.82) is 5.26 Å². The molecule has 2 aromatic rings. The Bertz CT molecular complexity index is 684. The minimum absolute atomic E-state index is 0.228. The van der Waals surface area contributed by atoms with Crippen molar-refractivity contribution in [2.24, 2.45) is 0 Å². The first-order chi connectivity index (χ1) is 7.50. The molecule has 2 rings (SSSR count). The van der Waals surface area contributed by atoms with Crippen molar-refractivity contribution in [2.45, 2.75) is 11.6 Å². The highest BCUT2D eigenvalue weighted by Crippen LogP contribution is 2.22. The lowest BCUT2D eigenvalue weighted by atomic mass is 10.1. The fraction of sp³-hybridized carbons (Fsp3) is 0.111. The van der Waals surface area contributed by atoms with Crippen LogP contribution in [0.25, 0.3) is 11.1 Å². The zero-order chi connectivity index (χ0) is 11.8. The third-order valence-corrected chi connectivity index (χ3v) is 2.91. The van der Waals surface area contributed by atoms with Crippen molar-refractivity contribution < 1.29 is 12.8 Å².